The van der Waals surface area contributed by atoms with E-state index in [9.17, 15) is 4.79 Å². The molecule has 21 heavy (non-hydrogen) atoms. The van der Waals surface area contributed by atoms with E-state index in [2.05, 4.69) is 21.2 Å². The van der Waals surface area contributed by atoms with Crippen LogP contribution >= 0.6 is 15.9 Å². The molecule has 0 bridgehead atoms. The summed E-state index contributed by atoms with van der Waals surface area (Å²) in [7, 11) is 0. The molecule has 0 aromatic carbocycles. The maximum atomic E-state index is 12.6. The van der Waals surface area contributed by atoms with Gasteiger partial charge >= 0.3 is 0 Å². The number of carbonyl (C=O) groups excluding carboxylic acids is 1. The van der Waals surface area contributed by atoms with Crippen molar-refractivity contribution in [3.05, 3.63) is 0 Å². The van der Waals surface area contributed by atoms with Crippen LogP contribution in [-0.4, -0.2) is 17.8 Å². The first-order chi connectivity index (χ1) is 10.2. The molecule has 1 amide bonds. The Bertz CT molecular complexity index is 364. The Morgan fingerprint density at radius 3 is 2.43 bits per heavy atom. The van der Waals surface area contributed by atoms with Gasteiger partial charge in [0.15, 0.2) is 0 Å². The summed E-state index contributed by atoms with van der Waals surface area (Å²) in [5.41, 5.74) is 0.345. The molecule has 3 rings (SSSR count). The SMILES string of the molecule is O=C(NCC1(CBr)CCCC1)C1CCC2CCCCC2C1. The first-order valence-corrected chi connectivity index (χ1v) is 10.2. The second kappa shape index (κ2) is 7.02. The Labute approximate surface area is 138 Å². The molecule has 3 atom stereocenters. The van der Waals surface area contributed by atoms with Crippen LogP contribution in [0.1, 0.15) is 70.6 Å². The Morgan fingerprint density at radius 1 is 1.00 bits per heavy atom. The number of alkyl halides is 1. The number of hydrogen-bond acceptors (Lipinski definition) is 1. The summed E-state index contributed by atoms with van der Waals surface area (Å²) >= 11 is 3.67. The third-order valence-corrected chi connectivity index (χ3v) is 7.69. The average molecular weight is 356 g/mol. The van der Waals surface area contributed by atoms with Crippen molar-refractivity contribution in [2.24, 2.45) is 23.2 Å². The Balaban J connectivity index is 1.49. The van der Waals surface area contributed by atoms with Gasteiger partial charge < -0.3 is 5.32 Å². The van der Waals surface area contributed by atoms with Crippen molar-refractivity contribution in [1.82, 2.24) is 5.32 Å². The van der Waals surface area contributed by atoms with E-state index >= 15 is 0 Å². The van der Waals surface area contributed by atoms with Crippen molar-refractivity contribution in [3.8, 4) is 0 Å². The van der Waals surface area contributed by atoms with Gasteiger partial charge in [0.1, 0.15) is 0 Å². The molecule has 1 N–H and O–H groups in total. The summed E-state index contributed by atoms with van der Waals surface area (Å²) in [4.78, 5) is 12.6. The molecule has 2 nitrogen and oxygen atoms in total. The zero-order chi connectivity index (χ0) is 14.7. The van der Waals surface area contributed by atoms with E-state index in [1.54, 1.807) is 0 Å². The van der Waals surface area contributed by atoms with E-state index in [-0.39, 0.29) is 0 Å². The van der Waals surface area contributed by atoms with E-state index in [1.165, 1.54) is 57.8 Å². The van der Waals surface area contributed by atoms with E-state index in [4.69, 9.17) is 0 Å². The highest BCUT2D eigenvalue weighted by Crippen LogP contribution is 2.43. The molecule has 3 unspecified atom stereocenters. The summed E-state index contributed by atoms with van der Waals surface area (Å²) in [6.45, 7) is 0.891. The lowest BCUT2D eigenvalue weighted by Gasteiger charge is -2.39. The van der Waals surface area contributed by atoms with Gasteiger partial charge in [-0.05, 0) is 49.4 Å². The van der Waals surface area contributed by atoms with Gasteiger partial charge in [-0.1, -0.05) is 54.5 Å². The number of fused-ring (bicyclic) bond motifs is 1. The highest BCUT2D eigenvalue weighted by Gasteiger charge is 2.37. The summed E-state index contributed by atoms with van der Waals surface area (Å²) in [6.07, 6.45) is 14.4. The van der Waals surface area contributed by atoms with Gasteiger partial charge in [0.2, 0.25) is 5.91 Å². The maximum absolute atomic E-state index is 12.6. The first-order valence-electron chi connectivity index (χ1n) is 9.06. The van der Waals surface area contributed by atoms with Gasteiger partial charge in [-0.25, -0.2) is 0 Å². The number of nitrogens with one attached hydrogen (secondary N) is 1. The molecule has 120 valence electrons. The topological polar surface area (TPSA) is 29.1 Å². The third kappa shape index (κ3) is 3.65. The lowest BCUT2D eigenvalue weighted by Crippen LogP contribution is -2.42. The van der Waals surface area contributed by atoms with Gasteiger partial charge in [-0.15, -0.1) is 0 Å². The van der Waals surface area contributed by atoms with Gasteiger partial charge in [0, 0.05) is 17.8 Å². The first kappa shape index (κ1) is 15.8. The third-order valence-electron chi connectivity index (χ3n) is 6.50. The zero-order valence-corrected chi connectivity index (χ0v) is 14.8. The van der Waals surface area contributed by atoms with Crippen LogP contribution in [0.3, 0.4) is 0 Å². The van der Waals surface area contributed by atoms with E-state index in [0.29, 0.717) is 17.2 Å². The highest BCUT2D eigenvalue weighted by molar-refractivity contribution is 9.09. The zero-order valence-electron chi connectivity index (χ0n) is 13.2. The smallest absolute Gasteiger partial charge is 0.223 e. The second-order valence-corrected chi connectivity index (χ2v) is 8.43. The molecule has 0 aliphatic heterocycles. The van der Waals surface area contributed by atoms with Crippen LogP contribution in [0, 0.1) is 23.2 Å². The van der Waals surface area contributed by atoms with Crippen LogP contribution in [0.5, 0.6) is 0 Å². The van der Waals surface area contributed by atoms with Crippen LogP contribution in [0.4, 0.5) is 0 Å². The normalized spacial score (nSPS) is 35.2. The molecule has 0 saturated heterocycles. The quantitative estimate of drug-likeness (QED) is 0.729. The molecule has 0 spiro atoms. The Kier molecular flexibility index (Phi) is 5.29. The van der Waals surface area contributed by atoms with Crippen molar-refractivity contribution >= 4 is 21.8 Å². The van der Waals surface area contributed by atoms with Gasteiger partial charge in [0.25, 0.3) is 0 Å². The largest absolute Gasteiger partial charge is 0.355 e. The molecule has 0 radical (unpaired) electrons. The minimum Gasteiger partial charge on any atom is -0.355 e. The van der Waals surface area contributed by atoms with Crippen molar-refractivity contribution < 1.29 is 4.79 Å². The summed E-state index contributed by atoms with van der Waals surface area (Å²) in [5.74, 6) is 2.44. The highest BCUT2D eigenvalue weighted by atomic mass is 79.9. The second-order valence-electron chi connectivity index (χ2n) is 7.87. The standard InChI is InChI=1S/C18H30BrNO/c19-12-18(9-3-4-10-18)13-20-17(21)16-8-7-14-5-1-2-6-15(14)11-16/h14-16H,1-13H2,(H,20,21). The maximum Gasteiger partial charge on any atom is 0.223 e. The van der Waals surface area contributed by atoms with Crippen LogP contribution in [0.2, 0.25) is 0 Å². The van der Waals surface area contributed by atoms with Crippen LogP contribution in [-0.2, 0) is 4.79 Å². The van der Waals surface area contributed by atoms with Crippen LogP contribution in [0.25, 0.3) is 0 Å². The van der Waals surface area contributed by atoms with E-state index in [1.807, 2.05) is 0 Å². The molecule has 0 heterocycles. The summed E-state index contributed by atoms with van der Waals surface area (Å²) < 4.78 is 0. The van der Waals surface area contributed by atoms with Crippen molar-refractivity contribution in [2.75, 3.05) is 11.9 Å². The van der Waals surface area contributed by atoms with Gasteiger partial charge in [-0.2, -0.15) is 0 Å². The van der Waals surface area contributed by atoms with Crippen molar-refractivity contribution in [1.29, 1.82) is 0 Å². The predicted molar refractivity (Wildman–Crippen MR) is 90.5 cm³/mol. The van der Waals surface area contributed by atoms with E-state index in [0.717, 1.165) is 36.6 Å². The number of hydrogen-bond donors (Lipinski definition) is 1. The molecule has 3 fully saturated rings. The number of halogens is 1. The molecular formula is C18H30BrNO. The Morgan fingerprint density at radius 2 is 1.71 bits per heavy atom. The Hall–Kier alpha value is -0.0500. The molecule has 3 heteroatoms. The fraction of sp³-hybridized carbons (Fsp3) is 0.944. The molecule has 3 aliphatic rings. The van der Waals surface area contributed by atoms with Crippen LogP contribution in [0.15, 0.2) is 0 Å². The van der Waals surface area contributed by atoms with Crippen molar-refractivity contribution in [3.63, 3.8) is 0 Å². The summed E-state index contributed by atoms with van der Waals surface area (Å²) in [5, 5.41) is 4.35. The van der Waals surface area contributed by atoms with Crippen LogP contribution < -0.4 is 5.32 Å². The monoisotopic (exact) mass is 355 g/mol. The summed E-state index contributed by atoms with van der Waals surface area (Å²) in [6, 6.07) is 0. The molecule has 0 aromatic rings. The fourth-order valence-electron chi connectivity index (χ4n) is 5.01. The van der Waals surface area contributed by atoms with E-state index < -0.39 is 0 Å². The minimum atomic E-state index is 0.304. The minimum absolute atomic E-state index is 0.304. The number of rotatable bonds is 4. The van der Waals surface area contributed by atoms with Crippen molar-refractivity contribution in [2.45, 2.75) is 70.6 Å². The molecule has 3 saturated carbocycles. The van der Waals surface area contributed by atoms with Gasteiger partial charge in [0.05, 0.1) is 0 Å². The molecular weight excluding hydrogens is 326 g/mol. The lowest BCUT2D eigenvalue weighted by molar-refractivity contribution is -0.127. The number of carbonyl (C=O) groups is 1. The lowest BCUT2D eigenvalue weighted by atomic mass is 9.67. The predicted octanol–water partition coefficient (Wildman–Crippen LogP) is 4.66. The molecule has 0 aromatic heterocycles. The molecule has 3 aliphatic carbocycles. The average Bonchev–Trinajstić information content (AvgIpc) is 3.01. The number of amides is 1. The van der Waals surface area contributed by atoms with Gasteiger partial charge in [-0.3, -0.25) is 4.79 Å². The fourth-order valence-corrected chi connectivity index (χ4v) is 5.77.